The molecule has 0 saturated heterocycles. The van der Waals surface area contributed by atoms with Crippen molar-refractivity contribution in [3.63, 3.8) is 0 Å². The predicted molar refractivity (Wildman–Crippen MR) is 124 cm³/mol. The fourth-order valence-electron chi connectivity index (χ4n) is 8.33. The summed E-state index contributed by atoms with van der Waals surface area (Å²) in [5.41, 5.74) is 1.35. The topological polar surface area (TPSA) is 95.6 Å². The zero-order valence-electron chi connectivity index (χ0n) is 19.5. The Morgan fingerprint density at radius 2 is 1.94 bits per heavy atom. The molecule has 1 aromatic heterocycles. The number of rotatable bonds is 2. The summed E-state index contributed by atoms with van der Waals surface area (Å²) < 4.78 is 15.3. The molecule has 5 unspecified atom stereocenters. The predicted octanol–water partition coefficient (Wildman–Crippen LogP) is 3.98. The highest BCUT2D eigenvalue weighted by molar-refractivity contribution is 5.79. The van der Waals surface area contributed by atoms with Gasteiger partial charge < -0.3 is 15.3 Å². The van der Waals surface area contributed by atoms with Crippen molar-refractivity contribution in [1.82, 2.24) is 9.78 Å². The van der Waals surface area contributed by atoms with E-state index in [1.165, 1.54) is 17.7 Å². The summed E-state index contributed by atoms with van der Waals surface area (Å²) in [6.45, 7) is 4.11. The number of aliphatic hydroxyl groups excluding tert-OH is 1. The van der Waals surface area contributed by atoms with Crippen LogP contribution in [0.5, 0.6) is 0 Å². The van der Waals surface area contributed by atoms with Gasteiger partial charge >= 0.3 is 5.97 Å². The van der Waals surface area contributed by atoms with Crippen LogP contribution in [0.2, 0.25) is 0 Å². The van der Waals surface area contributed by atoms with Crippen LogP contribution in [0, 0.1) is 34.4 Å². The third-order valence-corrected chi connectivity index (χ3v) is 10.0. The first kappa shape index (κ1) is 22.0. The number of allylic oxidation sites excluding steroid dienone is 1. The van der Waals surface area contributed by atoms with Crippen molar-refractivity contribution in [3.05, 3.63) is 53.1 Å². The number of carboxylic acids is 1. The lowest BCUT2D eigenvalue weighted by Gasteiger charge is -2.60. The minimum Gasteiger partial charge on any atom is -0.479 e. The number of halogens is 1. The highest BCUT2D eigenvalue weighted by Gasteiger charge is 2.68. The summed E-state index contributed by atoms with van der Waals surface area (Å²) in [7, 11) is 0. The molecule has 0 spiro atoms. The molecule has 7 atom stereocenters. The van der Waals surface area contributed by atoms with Crippen LogP contribution < -0.4 is 0 Å². The Morgan fingerprint density at radius 1 is 1.21 bits per heavy atom. The lowest BCUT2D eigenvalue weighted by molar-refractivity contribution is -0.193. The van der Waals surface area contributed by atoms with Gasteiger partial charge in [0.25, 0.3) is 0 Å². The molecular weight excluding hydrogens is 435 g/mol. The van der Waals surface area contributed by atoms with E-state index in [0.717, 1.165) is 36.2 Å². The number of hydrogen-bond donors (Lipinski definition) is 3. The van der Waals surface area contributed by atoms with Crippen LogP contribution in [0.4, 0.5) is 4.39 Å². The number of fused-ring (bicyclic) bond motifs is 6. The Labute approximate surface area is 198 Å². The third-order valence-electron chi connectivity index (χ3n) is 10.0. The SMILES string of the molecule is CC12Cc3cnn(-c4ccc(F)cc4)c3C=C1CCC1C2[C@@H](O)CC2(C)C1CC[C@]2(O)C(=O)O. The monoisotopic (exact) mass is 466 g/mol. The molecule has 0 bridgehead atoms. The molecule has 1 aromatic carbocycles. The third kappa shape index (κ3) is 2.68. The van der Waals surface area contributed by atoms with Crippen molar-refractivity contribution < 1.29 is 24.5 Å². The van der Waals surface area contributed by atoms with E-state index in [-0.39, 0.29) is 35.4 Å². The average Bonchev–Trinajstić information content (AvgIpc) is 3.30. The summed E-state index contributed by atoms with van der Waals surface area (Å²) in [6, 6.07) is 6.32. The number of hydrogen-bond acceptors (Lipinski definition) is 4. The van der Waals surface area contributed by atoms with Gasteiger partial charge in [0.05, 0.1) is 23.7 Å². The van der Waals surface area contributed by atoms with Crippen molar-refractivity contribution in [2.75, 3.05) is 0 Å². The average molecular weight is 467 g/mol. The number of carbonyl (C=O) groups is 1. The van der Waals surface area contributed by atoms with Crippen molar-refractivity contribution in [3.8, 4) is 5.69 Å². The molecule has 34 heavy (non-hydrogen) atoms. The molecule has 4 aliphatic rings. The van der Waals surface area contributed by atoms with Crippen molar-refractivity contribution in [2.24, 2.45) is 28.6 Å². The van der Waals surface area contributed by atoms with E-state index in [1.807, 2.05) is 17.8 Å². The number of aliphatic hydroxyl groups is 2. The van der Waals surface area contributed by atoms with Crippen LogP contribution in [0.3, 0.4) is 0 Å². The quantitative estimate of drug-likeness (QED) is 0.622. The molecule has 3 fully saturated rings. The highest BCUT2D eigenvalue weighted by atomic mass is 19.1. The van der Waals surface area contributed by atoms with Crippen molar-refractivity contribution >= 4 is 12.0 Å². The molecule has 0 aliphatic heterocycles. The number of aromatic nitrogens is 2. The van der Waals surface area contributed by atoms with Gasteiger partial charge in [0.15, 0.2) is 5.60 Å². The van der Waals surface area contributed by atoms with E-state index in [1.54, 1.807) is 12.1 Å². The van der Waals surface area contributed by atoms with E-state index in [9.17, 15) is 24.5 Å². The number of carboxylic acid groups (broad SMARTS) is 1. The maximum atomic E-state index is 13.4. The molecule has 3 N–H and O–H groups in total. The van der Waals surface area contributed by atoms with Crippen LogP contribution in [-0.2, 0) is 11.2 Å². The van der Waals surface area contributed by atoms with Crippen LogP contribution in [0.1, 0.15) is 57.2 Å². The smallest absolute Gasteiger partial charge is 0.336 e. The van der Waals surface area contributed by atoms with Crippen LogP contribution in [-0.4, -0.2) is 42.8 Å². The molecule has 2 aromatic rings. The lowest BCUT2D eigenvalue weighted by Crippen LogP contribution is -2.61. The maximum absolute atomic E-state index is 13.4. The van der Waals surface area contributed by atoms with Gasteiger partial charge in [0, 0.05) is 5.41 Å². The van der Waals surface area contributed by atoms with Gasteiger partial charge in [-0.25, -0.2) is 13.9 Å². The first-order valence-electron chi connectivity index (χ1n) is 12.3. The van der Waals surface area contributed by atoms with Gasteiger partial charge in [-0.15, -0.1) is 0 Å². The van der Waals surface area contributed by atoms with Gasteiger partial charge in [0.1, 0.15) is 5.82 Å². The van der Waals surface area contributed by atoms with Gasteiger partial charge in [-0.1, -0.05) is 19.4 Å². The van der Waals surface area contributed by atoms with Crippen LogP contribution in [0.25, 0.3) is 11.8 Å². The summed E-state index contributed by atoms with van der Waals surface area (Å²) in [4.78, 5) is 12.0. The van der Waals surface area contributed by atoms with Crippen molar-refractivity contribution in [2.45, 2.75) is 64.1 Å². The Kier molecular flexibility index (Phi) is 4.53. The molecule has 7 heteroatoms. The Bertz CT molecular complexity index is 1210. The lowest BCUT2D eigenvalue weighted by atomic mass is 9.45. The summed E-state index contributed by atoms with van der Waals surface area (Å²) in [6.07, 6.45) is 7.11. The van der Waals surface area contributed by atoms with Crippen LogP contribution >= 0.6 is 0 Å². The standard InChI is InChI=1S/C27H31FN2O4/c1-25-12-15-14-29-30(18-6-4-17(28)5-7-18)21(15)11-16(25)3-8-19-20-9-10-27(34,24(32)33)26(20,2)13-22(31)23(19)25/h4-7,11,14,19-20,22-23,31,34H,3,8-10,12-13H2,1-2H3,(H,32,33)/t19?,20?,22-,23?,25?,26?,27-/m0/s1. The second-order valence-electron chi connectivity index (χ2n) is 11.4. The summed E-state index contributed by atoms with van der Waals surface area (Å²) in [5.74, 6) is -1.21. The molecule has 1 heterocycles. The molecule has 4 aliphatic carbocycles. The molecule has 0 amide bonds. The Morgan fingerprint density at radius 3 is 2.65 bits per heavy atom. The van der Waals surface area contributed by atoms with E-state index in [4.69, 9.17) is 0 Å². The van der Waals surface area contributed by atoms with E-state index >= 15 is 0 Å². The van der Waals surface area contributed by atoms with Gasteiger partial charge in [-0.2, -0.15) is 5.10 Å². The normalized spacial score (nSPS) is 40.6. The molecule has 3 saturated carbocycles. The maximum Gasteiger partial charge on any atom is 0.336 e. The summed E-state index contributed by atoms with van der Waals surface area (Å²) >= 11 is 0. The van der Waals surface area contributed by atoms with Gasteiger partial charge in [-0.05, 0) is 97.6 Å². The second-order valence-corrected chi connectivity index (χ2v) is 11.4. The fraction of sp³-hybridized carbons (Fsp3) is 0.556. The zero-order chi connectivity index (χ0) is 24.0. The van der Waals surface area contributed by atoms with Crippen LogP contribution in [0.15, 0.2) is 36.0 Å². The summed E-state index contributed by atoms with van der Waals surface area (Å²) in [5, 5.41) is 37.1. The Hall–Kier alpha value is -2.51. The molecule has 6 rings (SSSR count). The number of nitrogens with zero attached hydrogens (tertiary/aromatic N) is 2. The first-order chi connectivity index (χ1) is 16.1. The highest BCUT2D eigenvalue weighted by Crippen LogP contribution is 2.67. The first-order valence-corrected chi connectivity index (χ1v) is 12.3. The second kappa shape index (κ2) is 7.01. The van der Waals surface area contributed by atoms with Gasteiger partial charge in [-0.3, -0.25) is 0 Å². The molecule has 6 nitrogen and oxygen atoms in total. The van der Waals surface area contributed by atoms with E-state index in [2.05, 4.69) is 18.1 Å². The van der Waals surface area contributed by atoms with E-state index < -0.39 is 23.1 Å². The molecule has 180 valence electrons. The Balaban J connectivity index is 1.38. The number of aliphatic carboxylic acids is 1. The largest absolute Gasteiger partial charge is 0.479 e. The van der Waals surface area contributed by atoms with Crippen molar-refractivity contribution in [1.29, 1.82) is 0 Å². The van der Waals surface area contributed by atoms with E-state index in [0.29, 0.717) is 12.8 Å². The minimum absolute atomic E-state index is 0.00374. The molecular formula is C27H31FN2O4. The molecule has 0 radical (unpaired) electrons. The minimum atomic E-state index is -1.78. The van der Waals surface area contributed by atoms with Gasteiger partial charge in [0.2, 0.25) is 0 Å². The number of benzene rings is 1. The zero-order valence-corrected chi connectivity index (χ0v) is 19.5. The fourth-order valence-corrected chi connectivity index (χ4v) is 8.33.